The molecule has 1 aromatic carbocycles. The fourth-order valence-corrected chi connectivity index (χ4v) is 1.79. The van der Waals surface area contributed by atoms with Crippen molar-refractivity contribution in [3.63, 3.8) is 0 Å². The summed E-state index contributed by atoms with van der Waals surface area (Å²) in [6, 6.07) is 7.85. The molecule has 0 aliphatic carbocycles. The summed E-state index contributed by atoms with van der Waals surface area (Å²) in [5, 5.41) is 3.30. The standard InChI is InChI=1S/C12H11N3O/c1-2-11(5-10-7-14-6-9(1)10)16-12-3-4-13-8-15-12/h1-5,8,14H,6-7H2. The highest BCUT2D eigenvalue weighted by atomic mass is 16.5. The average Bonchev–Trinajstić information content (AvgIpc) is 2.77. The third-order valence-electron chi connectivity index (χ3n) is 2.59. The Labute approximate surface area is 93.3 Å². The van der Waals surface area contributed by atoms with Crippen LogP contribution >= 0.6 is 0 Å². The highest BCUT2D eigenvalue weighted by Crippen LogP contribution is 2.24. The SMILES string of the molecule is c1cc(Oc2ccc3c(c2)CNC3)ncn1. The average molecular weight is 213 g/mol. The molecule has 16 heavy (non-hydrogen) atoms. The zero-order valence-electron chi connectivity index (χ0n) is 8.68. The molecule has 0 radical (unpaired) electrons. The highest BCUT2D eigenvalue weighted by molar-refractivity contribution is 5.39. The topological polar surface area (TPSA) is 47.0 Å². The van der Waals surface area contributed by atoms with Crippen molar-refractivity contribution < 1.29 is 4.74 Å². The first-order chi connectivity index (χ1) is 7.92. The van der Waals surface area contributed by atoms with Crippen LogP contribution in [0.5, 0.6) is 11.6 Å². The molecule has 0 fully saturated rings. The number of benzene rings is 1. The van der Waals surface area contributed by atoms with Gasteiger partial charge in [0.1, 0.15) is 12.1 Å². The summed E-state index contributed by atoms with van der Waals surface area (Å²) in [7, 11) is 0. The van der Waals surface area contributed by atoms with Crippen LogP contribution in [0.1, 0.15) is 11.1 Å². The van der Waals surface area contributed by atoms with Gasteiger partial charge < -0.3 is 10.1 Å². The lowest BCUT2D eigenvalue weighted by Gasteiger charge is -2.05. The van der Waals surface area contributed by atoms with Crippen molar-refractivity contribution in [3.8, 4) is 11.6 Å². The van der Waals surface area contributed by atoms with Crippen molar-refractivity contribution in [2.24, 2.45) is 0 Å². The number of aromatic nitrogens is 2. The first-order valence-electron chi connectivity index (χ1n) is 5.18. The van der Waals surface area contributed by atoms with Gasteiger partial charge in [0.25, 0.3) is 0 Å². The Kier molecular flexibility index (Phi) is 2.27. The van der Waals surface area contributed by atoms with Gasteiger partial charge in [0.05, 0.1) is 0 Å². The summed E-state index contributed by atoms with van der Waals surface area (Å²) < 4.78 is 5.62. The third-order valence-corrected chi connectivity index (χ3v) is 2.59. The van der Waals surface area contributed by atoms with E-state index < -0.39 is 0 Å². The number of nitrogens with one attached hydrogen (secondary N) is 1. The van der Waals surface area contributed by atoms with Crippen LogP contribution in [0.4, 0.5) is 0 Å². The summed E-state index contributed by atoms with van der Waals surface area (Å²) in [5.41, 5.74) is 2.64. The van der Waals surface area contributed by atoms with Crippen LogP contribution in [0.2, 0.25) is 0 Å². The molecule has 4 nitrogen and oxygen atoms in total. The van der Waals surface area contributed by atoms with Crippen molar-refractivity contribution in [2.75, 3.05) is 0 Å². The van der Waals surface area contributed by atoms with Crippen molar-refractivity contribution in [3.05, 3.63) is 47.9 Å². The molecule has 0 atom stereocenters. The van der Waals surface area contributed by atoms with E-state index in [-0.39, 0.29) is 0 Å². The highest BCUT2D eigenvalue weighted by Gasteiger charge is 2.10. The molecular weight excluding hydrogens is 202 g/mol. The van der Waals surface area contributed by atoms with Gasteiger partial charge in [0.15, 0.2) is 0 Å². The molecule has 0 amide bonds. The Balaban J connectivity index is 1.86. The maximum atomic E-state index is 5.62. The van der Waals surface area contributed by atoms with Gasteiger partial charge in [-0.15, -0.1) is 0 Å². The largest absolute Gasteiger partial charge is 0.439 e. The molecule has 0 bridgehead atoms. The van der Waals surface area contributed by atoms with Gasteiger partial charge in [-0.05, 0) is 23.3 Å². The van der Waals surface area contributed by atoms with Crippen LogP contribution in [-0.4, -0.2) is 9.97 Å². The van der Waals surface area contributed by atoms with E-state index in [2.05, 4.69) is 27.4 Å². The quantitative estimate of drug-likeness (QED) is 0.827. The monoisotopic (exact) mass is 213 g/mol. The maximum Gasteiger partial charge on any atom is 0.222 e. The van der Waals surface area contributed by atoms with Crippen LogP contribution in [0.3, 0.4) is 0 Å². The molecule has 1 aromatic heterocycles. The molecule has 0 saturated carbocycles. The number of hydrogen-bond acceptors (Lipinski definition) is 4. The Morgan fingerprint density at radius 2 is 2.06 bits per heavy atom. The first-order valence-corrected chi connectivity index (χ1v) is 5.18. The van der Waals surface area contributed by atoms with Crippen LogP contribution in [0, 0.1) is 0 Å². The smallest absolute Gasteiger partial charge is 0.222 e. The van der Waals surface area contributed by atoms with E-state index in [1.807, 2.05) is 6.07 Å². The predicted octanol–water partition coefficient (Wildman–Crippen LogP) is 1.87. The van der Waals surface area contributed by atoms with Crippen molar-refractivity contribution in [1.29, 1.82) is 0 Å². The molecule has 2 aromatic rings. The third kappa shape index (κ3) is 1.75. The van der Waals surface area contributed by atoms with Gasteiger partial charge in [-0.2, -0.15) is 0 Å². The van der Waals surface area contributed by atoms with Crippen LogP contribution < -0.4 is 10.1 Å². The Bertz CT molecular complexity index is 499. The fourth-order valence-electron chi connectivity index (χ4n) is 1.79. The van der Waals surface area contributed by atoms with Crippen molar-refractivity contribution >= 4 is 0 Å². The fraction of sp³-hybridized carbons (Fsp3) is 0.167. The number of fused-ring (bicyclic) bond motifs is 1. The molecule has 4 heteroatoms. The molecular formula is C12H11N3O. The minimum absolute atomic E-state index is 0.570. The van der Waals surface area contributed by atoms with Crippen molar-refractivity contribution in [2.45, 2.75) is 13.1 Å². The van der Waals surface area contributed by atoms with Crippen LogP contribution in [-0.2, 0) is 13.1 Å². The van der Waals surface area contributed by atoms with Gasteiger partial charge in [0.2, 0.25) is 5.88 Å². The van der Waals surface area contributed by atoms with Gasteiger partial charge in [0, 0.05) is 25.4 Å². The lowest BCUT2D eigenvalue weighted by atomic mass is 10.1. The van der Waals surface area contributed by atoms with Gasteiger partial charge >= 0.3 is 0 Å². The first kappa shape index (κ1) is 9.30. The van der Waals surface area contributed by atoms with Gasteiger partial charge in [-0.3, -0.25) is 0 Å². The molecule has 1 aliphatic rings. The molecule has 3 rings (SSSR count). The second-order valence-corrected chi connectivity index (χ2v) is 3.68. The van der Waals surface area contributed by atoms with E-state index in [1.54, 1.807) is 12.3 Å². The second-order valence-electron chi connectivity index (χ2n) is 3.68. The second kappa shape index (κ2) is 3.90. The summed E-state index contributed by atoms with van der Waals surface area (Å²) in [6.45, 7) is 1.86. The zero-order chi connectivity index (χ0) is 10.8. The molecule has 0 unspecified atom stereocenters. The molecule has 0 spiro atoms. The van der Waals surface area contributed by atoms with E-state index in [4.69, 9.17) is 4.74 Å². The molecule has 0 saturated heterocycles. The predicted molar refractivity (Wildman–Crippen MR) is 59.1 cm³/mol. The van der Waals surface area contributed by atoms with Crippen LogP contribution in [0.25, 0.3) is 0 Å². The normalized spacial score (nSPS) is 13.5. The summed E-state index contributed by atoms with van der Waals surface area (Å²) >= 11 is 0. The van der Waals surface area contributed by atoms with Gasteiger partial charge in [-0.25, -0.2) is 9.97 Å². The Morgan fingerprint density at radius 1 is 1.12 bits per heavy atom. The molecule has 80 valence electrons. The van der Waals surface area contributed by atoms with Crippen LogP contribution in [0.15, 0.2) is 36.8 Å². The lowest BCUT2D eigenvalue weighted by Crippen LogP contribution is -1.99. The summed E-state index contributed by atoms with van der Waals surface area (Å²) in [4.78, 5) is 7.86. The van der Waals surface area contributed by atoms with E-state index in [1.165, 1.54) is 17.5 Å². The number of nitrogens with zero attached hydrogens (tertiary/aromatic N) is 2. The van der Waals surface area contributed by atoms with E-state index >= 15 is 0 Å². The molecule has 1 N–H and O–H groups in total. The Morgan fingerprint density at radius 3 is 2.94 bits per heavy atom. The number of ether oxygens (including phenoxy) is 1. The lowest BCUT2D eigenvalue weighted by molar-refractivity contribution is 0.461. The summed E-state index contributed by atoms with van der Waals surface area (Å²) in [5.74, 6) is 1.39. The molecule has 1 aliphatic heterocycles. The van der Waals surface area contributed by atoms with Crippen molar-refractivity contribution in [1.82, 2.24) is 15.3 Å². The minimum atomic E-state index is 0.570. The van der Waals surface area contributed by atoms with Gasteiger partial charge in [-0.1, -0.05) is 6.07 Å². The summed E-state index contributed by atoms with van der Waals surface area (Å²) in [6.07, 6.45) is 3.14. The van der Waals surface area contributed by atoms with E-state index in [0.29, 0.717) is 5.88 Å². The Hall–Kier alpha value is -1.94. The maximum absolute atomic E-state index is 5.62. The van der Waals surface area contributed by atoms with E-state index in [9.17, 15) is 0 Å². The van der Waals surface area contributed by atoms with E-state index in [0.717, 1.165) is 18.8 Å². The number of rotatable bonds is 2. The molecule has 2 heterocycles. The minimum Gasteiger partial charge on any atom is -0.439 e. The zero-order valence-corrected chi connectivity index (χ0v) is 8.68. The number of hydrogen-bond donors (Lipinski definition) is 1.